The van der Waals surface area contributed by atoms with Gasteiger partial charge in [-0.05, 0) is 40.5 Å². The first-order chi connectivity index (χ1) is 9.76. The van der Waals surface area contributed by atoms with Crippen LogP contribution in [-0.2, 0) is 9.47 Å². The minimum Gasteiger partial charge on any atom is -0.444 e. The van der Waals surface area contributed by atoms with Gasteiger partial charge in [0, 0.05) is 13.2 Å². The summed E-state index contributed by atoms with van der Waals surface area (Å²) < 4.78 is 11.4. The summed E-state index contributed by atoms with van der Waals surface area (Å²) in [6, 6.07) is 0. The Balaban J connectivity index is 2.26. The van der Waals surface area contributed by atoms with Crippen molar-refractivity contribution in [2.24, 2.45) is 0 Å². The molecule has 1 saturated heterocycles. The van der Waals surface area contributed by atoms with Crippen LogP contribution in [0.2, 0.25) is 0 Å². The normalized spacial score (nSPS) is 22.6. The first-order valence-electron chi connectivity index (χ1n) is 8.38. The van der Waals surface area contributed by atoms with Gasteiger partial charge in [-0.2, -0.15) is 0 Å². The van der Waals surface area contributed by atoms with Crippen LogP contribution in [0, 0.1) is 0 Å². The third-order valence-electron chi connectivity index (χ3n) is 3.79. The van der Waals surface area contributed by atoms with Gasteiger partial charge in [-0.3, -0.25) is 0 Å². The Kier molecular flexibility index (Phi) is 6.98. The molecule has 4 heteroatoms. The molecule has 0 aromatic rings. The molecule has 0 saturated carbocycles. The Morgan fingerprint density at radius 2 is 1.86 bits per heavy atom. The van der Waals surface area contributed by atoms with Crippen LogP contribution in [0.15, 0.2) is 0 Å². The SMILES string of the molecule is CCCCCCCOC1(C)CCN(C(=O)OC(C)(C)C)C1. The lowest BCUT2D eigenvalue weighted by atomic mass is 10.1. The van der Waals surface area contributed by atoms with E-state index in [0.29, 0.717) is 6.54 Å². The Labute approximate surface area is 130 Å². The molecule has 1 atom stereocenters. The number of unbranched alkanes of at least 4 members (excludes halogenated alkanes) is 4. The Morgan fingerprint density at radius 1 is 1.19 bits per heavy atom. The van der Waals surface area contributed by atoms with Gasteiger partial charge in [-0.15, -0.1) is 0 Å². The summed E-state index contributed by atoms with van der Waals surface area (Å²) in [4.78, 5) is 13.8. The summed E-state index contributed by atoms with van der Waals surface area (Å²) in [5.74, 6) is 0. The monoisotopic (exact) mass is 299 g/mol. The number of ether oxygens (including phenoxy) is 2. The molecule has 0 aromatic carbocycles. The van der Waals surface area contributed by atoms with E-state index in [-0.39, 0.29) is 11.7 Å². The van der Waals surface area contributed by atoms with E-state index >= 15 is 0 Å². The topological polar surface area (TPSA) is 38.8 Å². The zero-order valence-corrected chi connectivity index (χ0v) is 14.5. The van der Waals surface area contributed by atoms with Crippen LogP contribution in [0.3, 0.4) is 0 Å². The largest absolute Gasteiger partial charge is 0.444 e. The maximum atomic E-state index is 12.0. The van der Waals surface area contributed by atoms with Gasteiger partial charge in [0.15, 0.2) is 0 Å². The van der Waals surface area contributed by atoms with E-state index in [1.54, 1.807) is 4.90 Å². The minimum atomic E-state index is -0.434. The first-order valence-corrected chi connectivity index (χ1v) is 8.38. The summed E-state index contributed by atoms with van der Waals surface area (Å²) in [7, 11) is 0. The van der Waals surface area contributed by atoms with Crippen molar-refractivity contribution in [1.82, 2.24) is 4.90 Å². The van der Waals surface area contributed by atoms with E-state index in [9.17, 15) is 4.79 Å². The molecule has 1 rings (SSSR count). The average Bonchev–Trinajstić information content (AvgIpc) is 2.75. The van der Waals surface area contributed by atoms with Gasteiger partial charge in [-0.25, -0.2) is 4.79 Å². The van der Waals surface area contributed by atoms with Crippen LogP contribution in [0.4, 0.5) is 4.79 Å². The highest BCUT2D eigenvalue weighted by atomic mass is 16.6. The van der Waals surface area contributed by atoms with Gasteiger partial charge in [-0.1, -0.05) is 32.6 Å². The molecule has 0 radical (unpaired) electrons. The molecule has 21 heavy (non-hydrogen) atoms. The van der Waals surface area contributed by atoms with Crippen molar-refractivity contribution in [2.75, 3.05) is 19.7 Å². The zero-order chi connectivity index (χ0) is 15.9. The van der Waals surface area contributed by atoms with Crippen LogP contribution in [0.25, 0.3) is 0 Å². The van der Waals surface area contributed by atoms with Crippen LogP contribution < -0.4 is 0 Å². The average molecular weight is 299 g/mol. The molecule has 0 N–H and O–H groups in total. The van der Waals surface area contributed by atoms with E-state index < -0.39 is 5.60 Å². The fraction of sp³-hybridized carbons (Fsp3) is 0.941. The van der Waals surface area contributed by atoms with Crippen molar-refractivity contribution in [2.45, 2.75) is 84.3 Å². The highest BCUT2D eigenvalue weighted by Gasteiger charge is 2.38. The molecule has 0 spiro atoms. The van der Waals surface area contributed by atoms with E-state index in [2.05, 4.69) is 13.8 Å². The molecule has 4 nitrogen and oxygen atoms in total. The number of carbonyl (C=O) groups is 1. The highest BCUT2D eigenvalue weighted by molar-refractivity contribution is 5.68. The van der Waals surface area contributed by atoms with Crippen molar-refractivity contribution in [1.29, 1.82) is 0 Å². The van der Waals surface area contributed by atoms with Gasteiger partial charge in [0.25, 0.3) is 0 Å². The van der Waals surface area contributed by atoms with Crippen LogP contribution in [0.1, 0.15) is 73.1 Å². The molecule has 1 fully saturated rings. The van der Waals surface area contributed by atoms with Crippen molar-refractivity contribution in [3.05, 3.63) is 0 Å². The quantitative estimate of drug-likeness (QED) is 0.655. The molecule has 124 valence electrons. The third kappa shape index (κ3) is 7.16. The van der Waals surface area contributed by atoms with Gasteiger partial charge in [0.2, 0.25) is 0 Å². The summed E-state index contributed by atoms with van der Waals surface area (Å²) >= 11 is 0. The molecule has 0 aliphatic carbocycles. The fourth-order valence-electron chi connectivity index (χ4n) is 2.56. The number of hydrogen-bond acceptors (Lipinski definition) is 3. The van der Waals surface area contributed by atoms with E-state index in [0.717, 1.165) is 26.0 Å². The lowest BCUT2D eigenvalue weighted by molar-refractivity contribution is -0.0286. The van der Waals surface area contributed by atoms with Crippen LogP contribution >= 0.6 is 0 Å². The van der Waals surface area contributed by atoms with Crippen LogP contribution in [0.5, 0.6) is 0 Å². The predicted octanol–water partition coefficient (Wildman–Crippen LogP) is 4.37. The summed E-state index contributed by atoms with van der Waals surface area (Å²) in [6.45, 7) is 12.2. The standard InChI is InChI=1S/C17H33NO3/c1-6-7-8-9-10-13-20-17(5)11-12-18(14-17)15(19)21-16(2,3)4/h6-14H2,1-5H3. The Morgan fingerprint density at radius 3 is 2.48 bits per heavy atom. The summed E-state index contributed by atoms with van der Waals surface area (Å²) in [5, 5.41) is 0. The number of carbonyl (C=O) groups excluding carboxylic acids is 1. The Bertz CT molecular complexity index is 324. The second-order valence-corrected chi connectivity index (χ2v) is 7.36. The number of hydrogen-bond donors (Lipinski definition) is 0. The van der Waals surface area contributed by atoms with Crippen molar-refractivity contribution in [3.63, 3.8) is 0 Å². The molecular weight excluding hydrogens is 266 g/mol. The lowest BCUT2D eigenvalue weighted by Gasteiger charge is -2.27. The smallest absolute Gasteiger partial charge is 0.410 e. The second-order valence-electron chi connectivity index (χ2n) is 7.36. The lowest BCUT2D eigenvalue weighted by Crippen LogP contribution is -2.39. The number of amides is 1. The molecule has 1 aliphatic rings. The summed E-state index contributed by atoms with van der Waals surface area (Å²) in [6.07, 6.45) is 6.88. The van der Waals surface area contributed by atoms with E-state index in [1.807, 2.05) is 20.8 Å². The predicted molar refractivity (Wildman–Crippen MR) is 85.5 cm³/mol. The molecule has 0 aromatic heterocycles. The van der Waals surface area contributed by atoms with Crippen molar-refractivity contribution < 1.29 is 14.3 Å². The van der Waals surface area contributed by atoms with E-state index in [1.165, 1.54) is 25.7 Å². The molecule has 1 amide bonds. The number of nitrogens with zero attached hydrogens (tertiary/aromatic N) is 1. The van der Waals surface area contributed by atoms with Gasteiger partial charge >= 0.3 is 6.09 Å². The van der Waals surface area contributed by atoms with Crippen molar-refractivity contribution in [3.8, 4) is 0 Å². The second kappa shape index (κ2) is 8.02. The fourth-order valence-corrected chi connectivity index (χ4v) is 2.56. The number of rotatable bonds is 7. The maximum absolute atomic E-state index is 12.0. The van der Waals surface area contributed by atoms with Gasteiger partial charge in [0.05, 0.1) is 12.1 Å². The zero-order valence-electron chi connectivity index (χ0n) is 14.5. The molecule has 1 unspecified atom stereocenters. The maximum Gasteiger partial charge on any atom is 0.410 e. The number of likely N-dealkylation sites (tertiary alicyclic amines) is 1. The van der Waals surface area contributed by atoms with Gasteiger partial charge in [0.1, 0.15) is 5.60 Å². The van der Waals surface area contributed by atoms with Crippen molar-refractivity contribution >= 4 is 6.09 Å². The third-order valence-corrected chi connectivity index (χ3v) is 3.79. The van der Waals surface area contributed by atoms with Gasteiger partial charge < -0.3 is 14.4 Å². The highest BCUT2D eigenvalue weighted by Crippen LogP contribution is 2.26. The summed E-state index contributed by atoms with van der Waals surface area (Å²) in [5.41, 5.74) is -0.641. The Hall–Kier alpha value is -0.770. The minimum absolute atomic E-state index is 0.207. The first kappa shape index (κ1) is 18.3. The molecule has 1 aliphatic heterocycles. The molecular formula is C17H33NO3. The molecule has 0 bridgehead atoms. The van der Waals surface area contributed by atoms with Crippen LogP contribution in [-0.4, -0.2) is 41.9 Å². The molecule has 1 heterocycles. The van der Waals surface area contributed by atoms with E-state index in [4.69, 9.17) is 9.47 Å².